The number of benzene rings is 1. The fourth-order valence-electron chi connectivity index (χ4n) is 3.81. The summed E-state index contributed by atoms with van der Waals surface area (Å²) in [5.74, 6) is 0.00697. The van der Waals surface area contributed by atoms with Gasteiger partial charge in [0.05, 0.1) is 5.69 Å². The lowest BCUT2D eigenvalue weighted by Crippen LogP contribution is -2.21. The van der Waals surface area contributed by atoms with Gasteiger partial charge in [-0.3, -0.25) is 9.78 Å². The van der Waals surface area contributed by atoms with Crippen LogP contribution in [0.25, 0.3) is 21.9 Å². The molecule has 3 N–H and O–H groups in total. The van der Waals surface area contributed by atoms with E-state index >= 15 is 0 Å². The molecule has 4 rings (SSSR count). The number of carbonyl (C=O) groups excluding carboxylic acids is 1. The van der Waals surface area contributed by atoms with Gasteiger partial charge in [-0.25, -0.2) is 4.98 Å². The highest BCUT2D eigenvalue weighted by atomic mass is 16.5. The highest BCUT2D eigenvalue weighted by molar-refractivity contribution is 6.01. The van der Waals surface area contributed by atoms with E-state index in [1.54, 1.807) is 18.3 Å². The molecule has 7 heteroatoms. The third kappa shape index (κ3) is 4.00. The maximum atomic E-state index is 11.3. The second kappa shape index (κ2) is 8.05. The molecular weight excluding hydrogens is 370 g/mol. The number of primary amides is 1. The Labute approximate surface area is 168 Å². The summed E-state index contributed by atoms with van der Waals surface area (Å²) in [6.07, 6.45) is 3.48. The molecule has 1 fully saturated rings. The molecule has 0 spiro atoms. The molecule has 0 aliphatic carbocycles. The number of amides is 1. The van der Waals surface area contributed by atoms with Gasteiger partial charge in [0, 0.05) is 42.0 Å². The lowest BCUT2D eigenvalue weighted by atomic mass is 9.87. The molecule has 29 heavy (non-hydrogen) atoms. The van der Waals surface area contributed by atoms with E-state index in [1.165, 1.54) is 0 Å². The van der Waals surface area contributed by atoms with Crippen LogP contribution >= 0.6 is 0 Å². The van der Waals surface area contributed by atoms with Gasteiger partial charge in [0.2, 0.25) is 5.88 Å². The highest BCUT2D eigenvalue weighted by Crippen LogP contribution is 2.42. The summed E-state index contributed by atoms with van der Waals surface area (Å²) < 4.78 is 11.2. The van der Waals surface area contributed by atoms with Crippen LogP contribution in [0.1, 0.15) is 30.1 Å². The number of phenolic OH excluding ortho intramolecular Hbond substituents is 1. The number of hydrogen-bond acceptors (Lipinski definition) is 6. The molecule has 1 aliphatic rings. The van der Waals surface area contributed by atoms with Gasteiger partial charge in [0.15, 0.2) is 6.61 Å². The van der Waals surface area contributed by atoms with Gasteiger partial charge in [-0.05, 0) is 61.0 Å². The van der Waals surface area contributed by atoms with Gasteiger partial charge in [0.1, 0.15) is 5.75 Å². The van der Waals surface area contributed by atoms with Crippen LogP contribution in [0.15, 0.2) is 36.5 Å². The molecular formula is C22H23N3O4. The van der Waals surface area contributed by atoms with Gasteiger partial charge >= 0.3 is 0 Å². The van der Waals surface area contributed by atoms with E-state index in [1.807, 2.05) is 25.1 Å². The van der Waals surface area contributed by atoms with Gasteiger partial charge < -0.3 is 20.3 Å². The van der Waals surface area contributed by atoms with Crippen LogP contribution in [0, 0.1) is 6.92 Å². The van der Waals surface area contributed by atoms with Crippen molar-refractivity contribution in [2.24, 2.45) is 5.73 Å². The van der Waals surface area contributed by atoms with Gasteiger partial charge in [-0.2, -0.15) is 0 Å². The Morgan fingerprint density at radius 3 is 2.76 bits per heavy atom. The van der Waals surface area contributed by atoms with Gasteiger partial charge in [-0.1, -0.05) is 0 Å². The van der Waals surface area contributed by atoms with Crippen LogP contribution in [0.3, 0.4) is 0 Å². The number of nitrogens with zero attached hydrogens (tertiary/aromatic N) is 2. The zero-order valence-electron chi connectivity index (χ0n) is 16.2. The number of ether oxygens (including phenoxy) is 2. The minimum Gasteiger partial charge on any atom is -0.508 e. The summed E-state index contributed by atoms with van der Waals surface area (Å²) in [6, 6.07) is 9.09. The number of carbonyl (C=O) groups is 1. The number of rotatable bonds is 5. The third-order valence-corrected chi connectivity index (χ3v) is 5.13. The Balaban J connectivity index is 1.99. The first kappa shape index (κ1) is 19.1. The highest BCUT2D eigenvalue weighted by Gasteiger charge is 2.25. The van der Waals surface area contributed by atoms with Crippen LogP contribution in [-0.4, -0.2) is 40.8 Å². The Bertz CT molecular complexity index is 1060. The van der Waals surface area contributed by atoms with Gasteiger partial charge in [-0.15, -0.1) is 0 Å². The molecule has 0 atom stereocenters. The van der Waals surface area contributed by atoms with E-state index in [9.17, 15) is 9.90 Å². The number of nitrogens with two attached hydrogens (primary N) is 1. The first-order chi connectivity index (χ1) is 14.0. The molecule has 0 unspecified atom stereocenters. The fourth-order valence-corrected chi connectivity index (χ4v) is 3.81. The molecule has 0 saturated carbocycles. The van der Waals surface area contributed by atoms with Crippen molar-refractivity contribution in [3.05, 3.63) is 47.9 Å². The van der Waals surface area contributed by atoms with Crippen LogP contribution in [-0.2, 0) is 9.53 Å². The number of hydrogen-bond donors (Lipinski definition) is 2. The summed E-state index contributed by atoms with van der Waals surface area (Å²) in [6.45, 7) is 3.01. The van der Waals surface area contributed by atoms with Crippen LogP contribution in [0.2, 0.25) is 0 Å². The van der Waals surface area contributed by atoms with Crippen molar-refractivity contribution in [3.8, 4) is 22.8 Å². The molecule has 150 valence electrons. The maximum Gasteiger partial charge on any atom is 0.255 e. The molecule has 0 bridgehead atoms. The van der Waals surface area contributed by atoms with E-state index in [4.69, 9.17) is 20.2 Å². The minimum atomic E-state index is -0.582. The number of pyridine rings is 2. The second-order valence-electron chi connectivity index (χ2n) is 7.23. The molecule has 1 aromatic carbocycles. The lowest BCUT2D eigenvalue weighted by molar-refractivity contribution is -0.120. The number of aromatic hydroxyl groups is 1. The molecule has 1 saturated heterocycles. The average Bonchev–Trinajstić information content (AvgIpc) is 2.72. The zero-order valence-corrected chi connectivity index (χ0v) is 16.2. The van der Waals surface area contributed by atoms with E-state index < -0.39 is 5.91 Å². The van der Waals surface area contributed by atoms with Crippen molar-refractivity contribution in [1.29, 1.82) is 0 Å². The monoisotopic (exact) mass is 393 g/mol. The molecule has 0 radical (unpaired) electrons. The standard InChI is InChI=1S/C22H23N3O4/c1-13-10-15(4-7-24-13)20-17-3-2-16(26)11-18(17)22(29-12-19(23)27)25-21(20)14-5-8-28-9-6-14/h2-4,7,10-11,14,26H,5-6,8-9,12H2,1H3,(H2,23,27). The fraction of sp³-hybridized carbons (Fsp3) is 0.318. The Hall–Kier alpha value is -3.19. The van der Waals surface area contributed by atoms with Crippen molar-refractivity contribution >= 4 is 16.7 Å². The lowest BCUT2D eigenvalue weighted by Gasteiger charge is -2.25. The summed E-state index contributed by atoms with van der Waals surface area (Å²) in [5, 5.41) is 11.6. The number of aryl methyl sites for hydroxylation is 1. The SMILES string of the molecule is Cc1cc(-c2c(C3CCOCC3)nc(OCC(N)=O)c3cc(O)ccc23)ccn1. The summed E-state index contributed by atoms with van der Waals surface area (Å²) >= 11 is 0. The van der Waals surface area contributed by atoms with Crippen molar-refractivity contribution in [1.82, 2.24) is 9.97 Å². The smallest absolute Gasteiger partial charge is 0.255 e. The molecule has 7 nitrogen and oxygen atoms in total. The first-order valence-corrected chi connectivity index (χ1v) is 9.61. The Morgan fingerprint density at radius 2 is 2.03 bits per heavy atom. The quantitative estimate of drug-likeness (QED) is 0.690. The largest absolute Gasteiger partial charge is 0.508 e. The minimum absolute atomic E-state index is 0.0962. The molecule has 1 aliphatic heterocycles. The molecule has 1 amide bonds. The first-order valence-electron chi connectivity index (χ1n) is 9.61. The Morgan fingerprint density at radius 1 is 1.24 bits per heavy atom. The van der Waals surface area contributed by atoms with Crippen molar-refractivity contribution in [2.45, 2.75) is 25.7 Å². The third-order valence-electron chi connectivity index (χ3n) is 5.13. The van der Waals surface area contributed by atoms with E-state index in [0.29, 0.717) is 24.5 Å². The average molecular weight is 393 g/mol. The summed E-state index contributed by atoms with van der Waals surface area (Å²) in [7, 11) is 0. The maximum absolute atomic E-state index is 11.3. The van der Waals surface area contributed by atoms with E-state index in [2.05, 4.69) is 4.98 Å². The predicted octanol–water partition coefficient (Wildman–Crippen LogP) is 3.07. The number of fused-ring (bicyclic) bond motifs is 1. The van der Waals surface area contributed by atoms with Gasteiger partial charge in [0.25, 0.3) is 5.91 Å². The predicted molar refractivity (Wildman–Crippen MR) is 109 cm³/mol. The van der Waals surface area contributed by atoms with Crippen molar-refractivity contribution in [2.75, 3.05) is 19.8 Å². The van der Waals surface area contributed by atoms with E-state index in [-0.39, 0.29) is 18.3 Å². The van der Waals surface area contributed by atoms with E-state index in [0.717, 1.165) is 40.7 Å². The number of aromatic nitrogens is 2. The zero-order chi connectivity index (χ0) is 20.4. The van der Waals surface area contributed by atoms with Crippen LogP contribution in [0.4, 0.5) is 0 Å². The van der Waals surface area contributed by atoms with Crippen LogP contribution in [0.5, 0.6) is 11.6 Å². The van der Waals surface area contributed by atoms with Crippen molar-refractivity contribution in [3.63, 3.8) is 0 Å². The number of phenols is 1. The normalized spacial score (nSPS) is 14.8. The van der Waals surface area contributed by atoms with Crippen LogP contribution < -0.4 is 10.5 Å². The topological polar surface area (TPSA) is 108 Å². The summed E-state index contributed by atoms with van der Waals surface area (Å²) in [5.41, 5.74) is 9.06. The molecule has 2 aromatic heterocycles. The molecule has 3 heterocycles. The Kier molecular flexibility index (Phi) is 5.31. The summed E-state index contributed by atoms with van der Waals surface area (Å²) in [4.78, 5) is 20.4. The van der Waals surface area contributed by atoms with Crippen molar-refractivity contribution < 1.29 is 19.4 Å². The molecule has 3 aromatic rings. The second-order valence-corrected chi connectivity index (χ2v) is 7.23.